The number of hydrogen-bond donors (Lipinski definition) is 0. The summed E-state index contributed by atoms with van der Waals surface area (Å²) < 4.78 is 0. The van der Waals surface area contributed by atoms with Gasteiger partial charge in [-0.25, -0.2) is 0 Å². The van der Waals surface area contributed by atoms with Crippen LogP contribution >= 0.6 is 0 Å². The van der Waals surface area contributed by atoms with Gasteiger partial charge in [-0.1, -0.05) is 61.6 Å². The SMILES string of the molecule is CC(C)(C)[NH-].C[SiH]C.Cc1[cH-]c(C)c(C)c1C.[Ti+2]. The minimum atomic E-state index is -0.250. The van der Waals surface area contributed by atoms with E-state index in [0.29, 0.717) is 0 Å². The molecule has 0 atom stereocenters. The van der Waals surface area contributed by atoms with Crippen LogP contribution in [-0.4, -0.2) is 15.1 Å². The molecule has 0 heterocycles. The minimum Gasteiger partial charge on any atom is -0.673 e. The maximum atomic E-state index is 6.94. The number of rotatable bonds is 0. The van der Waals surface area contributed by atoms with Crippen LogP contribution in [0.4, 0.5) is 0 Å². The third kappa shape index (κ3) is 14.3. The van der Waals surface area contributed by atoms with E-state index < -0.39 is 0 Å². The summed E-state index contributed by atoms with van der Waals surface area (Å²) in [6.07, 6.45) is 0. The van der Waals surface area contributed by atoms with E-state index in [0.717, 1.165) is 9.52 Å². The third-order valence-electron chi connectivity index (χ3n) is 2.18. The molecule has 0 spiro atoms. The topological polar surface area (TPSA) is 23.8 Å². The molecular formula is C15H30NSiTi. The molecule has 18 heavy (non-hydrogen) atoms. The second-order valence-corrected chi connectivity index (χ2v) is 6.74. The van der Waals surface area contributed by atoms with Crippen LogP contribution in [0.25, 0.3) is 5.73 Å². The fourth-order valence-electron chi connectivity index (χ4n) is 1.13. The zero-order valence-electron chi connectivity index (χ0n) is 13.7. The first-order valence-electron chi connectivity index (χ1n) is 6.23. The van der Waals surface area contributed by atoms with Crippen LogP contribution in [0, 0.1) is 27.7 Å². The number of hydrogen-bond acceptors (Lipinski definition) is 0. The zero-order valence-corrected chi connectivity index (χ0v) is 16.4. The zero-order chi connectivity index (χ0) is 14.2. The van der Waals surface area contributed by atoms with Crippen molar-refractivity contribution in [1.29, 1.82) is 0 Å². The van der Waals surface area contributed by atoms with Crippen molar-refractivity contribution in [2.24, 2.45) is 0 Å². The van der Waals surface area contributed by atoms with Crippen molar-refractivity contribution in [2.45, 2.75) is 67.1 Å². The molecule has 0 bridgehead atoms. The number of nitrogens with one attached hydrogen (secondary N) is 1. The Morgan fingerprint density at radius 1 is 0.889 bits per heavy atom. The van der Waals surface area contributed by atoms with Crippen molar-refractivity contribution in [3.63, 3.8) is 0 Å². The van der Waals surface area contributed by atoms with Crippen LogP contribution in [0.5, 0.6) is 0 Å². The van der Waals surface area contributed by atoms with Crippen LogP contribution in [0.2, 0.25) is 13.1 Å². The van der Waals surface area contributed by atoms with E-state index in [2.05, 4.69) is 46.9 Å². The summed E-state index contributed by atoms with van der Waals surface area (Å²) in [6, 6.07) is 2.24. The molecule has 0 unspecified atom stereocenters. The molecule has 1 radical (unpaired) electrons. The summed E-state index contributed by atoms with van der Waals surface area (Å²) in [7, 11) is 0.750. The van der Waals surface area contributed by atoms with E-state index in [4.69, 9.17) is 5.73 Å². The van der Waals surface area contributed by atoms with Crippen molar-refractivity contribution < 1.29 is 21.7 Å². The van der Waals surface area contributed by atoms with E-state index in [9.17, 15) is 0 Å². The van der Waals surface area contributed by atoms with E-state index in [-0.39, 0.29) is 27.3 Å². The molecule has 1 N–H and O–H groups in total. The Hall–Kier alpha value is 0.241. The van der Waals surface area contributed by atoms with Gasteiger partial charge in [0.1, 0.15) is 0 Å². The predicted octanol–water partition coefficient (Wildman–Crippen LogP) is 4.99. The third-order valence-corrected chi connectivity index (χ3v) is 2.18. The van der Waals surface area contributed by atoms with Crippen molar-refractivity contribution in [3.05, 3.63) is 34.1 Å². The van der Waals surface area contributed by atoms with Gasteiger partial charge >= 0.3 is 21.7 Å². The Kier molecular flexibility index (Phi) is 14.4. The second-order valence-electron chi connectivity index (χ2n) is 5.59. The van der Waals surface area contributed by atoms with Crippen molar-refractivity contribution in [2.75, 3.05) is 0 Å². The molecule has 3 heteroatoms. The summed E-state index contributed by atoms with van der Waals surface area (Å²) >= 11 is 0. The van der Waals surface area contributed by atoms with Gasteiger partial charge in [-0.3, -0.25) is 0 Å². The standard InChI is InChI=1S/C9H13.C4H10N.C2H7Si.Ti/c1-6-5-7(2)9(4)8(6)3;1-4(2,3)5;1-3-2;/h5H,1-4H3;5H,1-3H3;3H,1-2H3;/q2*-1;;+2. The number of aryl methyl sites for hydroxylation is 2. The molecule has 103 valence electrons. The molecule has 0 fully saturated rings. The molecule has 1 rings (SSSR count). The van der Waals surface area contributed by atoms with Crippen LogP contribution in [-0.2, 0) is 21.7 Å². The smallest absolute Gasteiger partial charge is 0.673 e. The van der Waals surface area contributed by atoms with Crippen molar-refractivity contribution in [1.82, 2.24) is 0 Å². The summed E-state index contributed by atoms with van der Waals surface area (Å²) in [6.45, 7) is 18.7. The van der Waals surface area contributed by atoms with Gasteiger partial charge in [0.15, 0.2) is 0 Å². The van der Waals surface area contributed by atoms with Gasteiger partial charge < -0.3 is 5.73 Å². The molecule has 1 aromatic carbocycles. The van der Waals surface area contributed by atoms with Gasteiger partial charge in [-0.15, -0.1) is 5.54 Å². The van der Waals surface area contributed by atoms with Crippen LogP contribution in [0.3, 0.4) is 0 Å². The van der Waals surface area contributed by atoms with Crippen LogP contribution in [0.1, 0.15) is 43.0 Å². The second kappa shape index (κ2) is 11.1. The van der Waals surface area contributed by atoms with E-state index in [1.54, 1.807) is 0 Å². The van der Waals surface area contributed by atoms with Crippen molar-refractivity contribution in [3.8, 4) is 0 Å². The monoisotopic (exact) mass is 300 g/mol. The summed E-state index contributed by atoms with van der Waals surface area (Å²) in [5.41, 5.74) is 12.4. The van der Waals surface area contributed by atoms with Gasteiger partial charge in [0.2, 0.25) is 0 Å². The van der Waals surface area contributed by atoms with E-state index >= 15 is 0 Å². The van der Waals surface area contributed by atoms with Crippen LogP contribution < -0.4 is 0 Å². The fraction of sp³-hybridized carbons (Fsp3) is 0.667. The molecule has 0 saturated carbocycles. The normalized spacial score (nSPS) is 9.44. The van der Waals surface area contributed by atoms with Gasteiger partial charge in [0, 0.05) is 9.52 Å². The summed E-state index contributed by atoms with van der Waals surface area (Å²) in [5, 5.41) is 0. The molecule has 0 aliphatic heterocycles. The molecule has 0 aliphatic rings. The molecule has 1 nitrogen and oxygen atoms in total. The Bertz CT molecular complexity index is 283. The fourth-order valence-corrected chi connectivity index (χ4v) is 1.13. The first-order valence-corrected chi connectivity index (χ1v) is 8.54. The van der Waals surface area contributed by atoms with Gasteiger partial charge in [0.05, 0.1) is 0 Å². The minimum absolute atomic E-state index is 0. The van der Waals surface area contributed by atoms with Gasteiger partial charge in [-0.2, -0.15) is 28.3 Å². The molecule has 0 aromatic heterocycles. The summed E-state index contributed by atoms with van der Waals surface area (Å²) in [4.78, 5) is 0. The average molecular weight is 300 g/mol. The quantitative estimate of drug-likeness (QED) is 0.476. The Labute approximate surface area is 132 Å². The van der Waals surface area contributed by atoms with Crippen LogP contribution in [0.15, 0.2) is 6.07 Å². The molecule has 1 aromatic rings. The van der Waals surface area contributed by atoms with Gasteiger partial charge in [-0.05, 0) is 0 Å². The first kappa shape index (κ1) is 23.3. The first-order chi connectivity index (χ1) is 7.54. The predicted molar refractivity (Wildman–Crippen MR) is 83.9 cm³/mol. The van der Waals surface area contributed by atoms with Crippen molar-refractivity contribution >= 4 is 9.52 Å². The Morgan fingerprint density at radius 2 is 1.06 bits per heavy atom. The largest absolute Gasteiger partial charge is 2.00 e. The van der Waals surface area contributed by atoms with E-state index in [1.165, 1.54) is 22.3 Å². The van der Waals surface area contributed by atoms with Gasteiger partial charge in [0.25, 0.3) is 0 Å². The molecule has 0 saturated heterocycles. The van der Waals surface area contributed by atoms with E-state index in [1.807, 2.05) is 20.8 Å². The average Bonchev–Trinajstić information content (AvgIpc) is 2.32. The molecule has 0 aliphatic carbocycles. The maximum Gasteiger partial charge on any atom is 2.00 e. The molecular weight excluding hydrogens is 270 g/mol. The Balaban J connectivity index is -0.000000216. The Morgan fingerprint density at radius 3 is 1.11 bits per heavy atom. The molecule has 0 amide bonds. The summed E-state index contributed by atoms with van der Waals surface area (Å²) in [5.74, 6) is 0. The maximum absolute atomic E-state index is 6.94.